The largest absolute Gasteiger partial charge is 0.480 e. The van der Waals surface area contributed by atoms with Gasteiger partial charge in [-0.2, -0.15) is 0 Å². The number of hydrogen-bond acceptors (Lipinski definition) is 6. The van der Waals surface area contributed by atoms with Gasteiger partial charge in [-0.15, -0.1) is 11.3 Å². The van der Waals surface area contributed by atoms with Gasteiger partial charge in [-0.3, -0.25) is 0 Å². The molecule has 2 N–H and O–H groups in total. The number of carbonyl (C=O) groups excluding carboxylic acids is 1. The van der Waals surface area contributed by atoms with Crippen molar-refractivity contribution in [2.75, 3.05) is 20.8 Å². The van der Waals surface area contributed by atoms with Crippen LogP contribution in [0.3, 0.4) is 0 Å². The summed E-state index contributed by atoms with van der Waals surface area (Å²) in [6.07, 6.45) is -1.03. The van der Waals surface area contributed by atoms with Crippen LogP contribution in [-0.4, -0.2) is 44.0 Å². The predicted molar refractivity (Wildman–Crippen MR) is 150 cm³/mol. The molecule has 0 spiro atoms. The molecule has 1 aromatic heterocycles. The van der Waals surface area contributed by atoms with Crippen LogP contribution in [0.25, 0.3) is 21.6 Å². The lowest BCUT2D eigenvalue weighted by Gasteiger charge is -2.17. The van der Waals surface area contributed by atoms with Gasteiger partial charge in [-0.25, -0.2) is 9.59 Å². The van der Waals surface area contributed by atoms with Crippen molar-refractivity contribution in [1.82, 2.24) is 5.32 Å². The molecular formula is C31H29NO6S. The van der Waals surface area contributed by atoms with Crippen LogP contribution in [0.1, 0.15) is 33.8 Å². The zero-order valence-electron chi connectivity index (χ0n) is 21.6. The highest BCUT2D eigenvalue weighted by Crippen LogP contribution is 2.44. The smallest absolute Gasteiger partial charge is 0.407 e. The Hall–Kier alpha value is -3.98. The topological polar surface area (TPSA) is 94.1 Å². The van der Waals surface area contributed by atoms with Gasteiger partial charge in [-0.05, 0) is 39.9 Å². The SMILES string of the molecule is COC(OC)c1ccc(-c2ccc(CC(NC(=O)OCC3c4ccccc4-c4ccccc43)C(=O)O)s2)cc1. The summed E-state index contributed by atoms with van der Waals surface area (Å²) in [7, 11) is 3.17. The molecule has 0 fully saturated rings. The average molecular weight is 544 g/mol. The van der Waals surface area contributed by atoms with E-state index in [1.165, 1.54) is 11.3 Å². The Morgan fingerprint density at radius 1 is 0.872 bits per heavy atom. The number of rotatable bonds is 10. The predicted octanol–water partition coefficient (Wildman–Crippen LogP) is 6.24. The first-order valence-corrected chi connectivity index (χ1v) is 13.4. The number of carboxylic acids is 1. The molecule has 4 aromatic rings. The molecule has 5 rings (SSSR count). The molecule has 0 radical (unpaired) electrons. The second-order valence-electron chi connectivity index (χ2n) is 9.26. The van der Waals surface area contributed by atoms with Gasteiger partial charge in [0.2, 0.25) is 0 Å². The molecule has 0 saturated carbocycles. The Morgan fingerprint density at radius 2 is 1.49 bits per heavy atom. The van der Waals surface area contributed by atoms with E-state index in [1.54, 1.807) is 14.2 Å². The number of alkyl carbamates (subject to hydrolysis) is 1. The molecule has 0 saturated heterocycles. The third-order valence-electron chi connectivity index (χ3n) is 6.90. The quantitative estimate of drug-likeness (QED) is 0.230. The number of thiophene rings is 1. The highest BCUT2D eigenvalue weighted by Gasteiger charge is 2.30. The minimum atomic E-state index is -1.12. The number of ether oxygens (including phenoxy) is 3. The molecule has 3 aromatic carbocycles. The standard InChI is InChI=1S/C31H29NO6S/c1-36-30(37-2)20-13-11-19(12-14-20)28-16-15-21(39-28)17-27(29(33)34)32-31(35)38-18-26-24-9-5-3-7-22(24)23-8-4-6-10-25(23)26/h3-16,26-27,30H,17-18H2,1-2H3,(H,32,35)(H,33,34). The monoisotopic (exact) mass is 543 g/mol. The summed E-state index contributed by atoms with van der Waals surface area (Å²) in [5.41, 5.74) is 6.36. The number of methoxy groups -OCH3 is 2. The Bertz CT molecular complexity index is 1410. The molecule has 1 heterocycles. The number of fused-ring (bicyclic) bond motifs is 3. The van der Waals surface area contributed by atoms with Crippen LogP contribution in [0.5, 0.6) is 0 Å². The fraction of sp³-hybridized carbons (Fsp3) is 0.226. The van der Waals surface area contributed by atoms with Crippen molar-refractivity contribution in [1.29, 1.82) is 0 Å². The number of benzene rings is 3. The zero-order chi connectivity index (χ0) is 27.4. The lowest BCUT2D eigenvalue weighted by atomic mass is 9.98. The number of amides is 1. The molecule has 0 aliphatic heterocycles. The normalized spacial score (nSPS) is 13.1. The van der Waals surface area contributed by atoms with Crippen LogP contribution in [0, 0.1) is 0 Å². The summed E-state index contributed by atoms with van der Waals surface area (Å²) in [5.74, 6) is -1.21. The summed E-state index contributed by atoms with van der Waals surface area (Å²) in [5, 5.41) is 12.3. The van der Waals surface area contributed by atoms with Crippen molar-refractivity contribution in [3.63, 3.8) is 0 Å². The molecule has 39 heavy (non-hydrogen) atoms. The first kappa shape index (κ1) is 26.6. The van der Waals surface area contributed by atoms with E-state index in [2.05, 4.69) is 17.4 Å². The molecule has 1 aliphatic carbocycles. The number of carbonyl (C=O) groups is 2. The minimum Gasteiger partial charge on any atom is -0.480 e. The van der Waals surface area contributed by atoms with Crippen molar-refractivity contribution in [2.45, 2.75) is 24.7 Å². The summed E-state index contributed by atoms with van der Waals surface area (Å²) in [6.45, 7) is 0.123. The first-order chi connectivity index (χ1) is 19.0. The summed E-state index contributed by atoms with van der Waals surface area (Å²) in [6, 6.07) is 26.7. The van der Waals surface area contributed by atoms with Crippen LogP contribution in [-0.2, 0) is 25.4 Å². The van der Waals surface area contributed by atoms with Gasteiger partial charge in [0.25, 0.3) is 0 Å². The molecule has 7 nitrogen and oxygen atoms in total. The number of nitrogens with one attached hydrogen (secondary N) is 1. The summed E-state index contributed by atoms with van der Waals surface area (Å²) < 4.78 is 16.1. The van der Waals surface area contributed by atoms with Gasteiger partial charge >= 0.3 is 12.1 Å². The lowest BCUT2D eigenvalue weighted by molar-refractivity contribution is -0.139. The third kappa shape index (κ3) is 5.73. The number of hydrogen-bond donors (Lipinski definition) is 2. The van der Waals surface area contributed by atoms with Gasteiger partial charge in [-0.1, -0.05) is 72.8 Å². The second-order valence-corrected chi connectivity index (χ2v) is 10.4. The maximum Gasteiger partial charge on any atom is 0.407 e. The van der Waals surface area contributed by atoms with Crippen molar-refractivity contribution in [2.24, 2.45) is 0 Å². The van der Waals surface area contributed by atoms with Gasteiger partial charge in [0.05, 0.1) is 0 Å². The minimum absolute atomic E-state index is 0.0965. The van der Waals surface area contributed by atoms with E-state index in [0.29, 0.717) is 0 Å². The van der Waals surface area contributed by atoms with E-state index in [4.69, 9.17) is 14.2 Å². The lowest BCUT2D eigenvalue weighted by Crippen LogP contribution is -2.42. The number of carboxylic acid groups (broad SMARTS) is 1. The van der Waals surface area contributed by atoms with Gasteiger partial charge < -0.3 is 24.6 Å². The summed E-state index contributed by atoms with van der Waals surface area (Å²) >= 11 is 1.48. The molecule has 200 valence electrons. The van der Waals surface area contributed by atoms with E-state index >= 15 is 0 Å². The van der Waals surface area contributed by atoms with Gasteiger partial charge in [0.15, 0.2) is 6.29 Å². The maximum atomic E-state index is 12.7. The number of aliphatic carboxylic acids is 1. The Morgan fingerprint density at radius 3 is 2.08 bits per heavy atom. The third-order valence-corrected chi connectivity index (χ3v) is 8.05. The molecular weight excluding hydrogens is 514 g/mol. The van der Waals surface area contributed by atoms with Crippen LogP contribution >= 0.6 is 11.3 Å². The van der Waals surface area contributed by atoms with Crippen molar-refractivity contribution < 1.29 is 28.9 Å². The molecule has 8 heteroatoms. The van der Waals surface area contributed by atoms with Gasteiger partial charge in [0, 0.05) is 41.9 Å². The molecule has 1 atom stereocenters. The summed E-state index contributed by atoms with van der Waals surface area (Å²) in [4.78, 5) is 26.5. The van der Waals surface area contributed by atoms with Crippen LogP contribution < -0.4 is 5.32 Å². The fourth-order valence-corrected chi connectivity index (χ4v) is 6.06. The Balaban J connectivity index is 1.21. The van der Waals surface area contributed by atoms with E-state index in [-0.39, 0.29) is 18.9 Å². The van der Waals surface area contributed by atoms with Gasteiger partial charge in [0.1, 0.15) is 12.6 Å². The van der Waals surface area contributed by atoms with Crippen molar-refractivity contribution in [3.8, 4) is 21.6 Å². The zero-order valence-corrected chi connectivity index (χ0v) is 22.4. The van der Waals surface area contributed by atoms with Crippen LogP contribution in [0.4, 0.5) is 4.79 Å². The van der Waals surface area contributed by atoms with Crippen LogP contribution in [0.15, 0.2) is 84.9 Å². The Labute approximate surface area is 231 Å². The molecule has 1 aliphatic rings. The van der Waals surface area contributed by atoms with Crippen molar-refractivity contribution in [3.05, 3.63) is 106 Å². The van der Waals surface area contributed by atoms with E-state index < -0.39 is 24.4 Å². The van der Waals surface area contributed by atoms with E-state index in [0.717, 1.165) is 43.1 Å². The van der Waals surface area contributed by atoms with Crippen molar-refractivity contribution >= 4 is 23.4 Å². The fourth-order valence-electron chi connectivity index (χ4n) is 5.00. The maximum absolute atomic E-state index is 12.7. The average Bonchev–Trinajstić information content (AvgIpc) is 3.55. The molecule has 0 bridgehead atoms. The highest BCUT2D eigenvalue weighted by molar-refractivity contribution is 7.15. The highest BCUT2D eigenvalue weighted by atomic mass is 32.1. The Kier molecular flexibility index (Phi) is 8.07. The molecule has 1 amide bonds. The van der Waals surface area contributed by atoms with E-state index in [9.17, 15) is 14.7 Å². The first-order valence-electron chi connectivity index (χ1n) is 12.6. The van der Waals surface area contributed by atoms with Crippen LogP contribution in [0.2, 0.25) is 0 Å². The second kappa shape index (κ2) is 11.8. The van der Waals surface area contributed by atoms with E-state index in [1.807, 2.05) is 72.8 Å². The molecule has 1 unspecified atom stereocenters.